The zero-order valence-electron chi connectivity index (χ0n) is 16.9. The number of hydrogen-bond donors (Lipinski definition) is 0. The maximum Gasteiger partial charge on any atom is 0.0560 e. The van der Waals surface area contributed by atoms with Crippen molar-refractivity contribution >= 4 is 0 Å². The zero-order chi connectivity index (χ0) is 18.7. The summed E-state index contributed by atoms with van der Waals surface area (Å²) in [5, 5.41) is 0. The van der Waals surface area contributed by atoms with Gasteiger partial charge in [-0.05, 0) is 63.3 Å². The molecule has 2 heterocycles. The minimum atomic E-state index is 0. The fourth-order valence-electron chi connectivity index (χ4n) is 3.94. The summed E-state index contributed by atoms with van der Waals surface area (Å²) >= 11 is 0. The summed E-state index contributed by atoms with van der Waals surface area (Å²) < 4.78 is 5.59. The first kappa shape index (κ1) is 23.5. The molecule has 0 spiro atoms. The van der Waals surface area contributed by atoms with Crippen molar-refractivity contribution in [3.8, 4) is 0 Å². The van der Waals surface area contributed by atoms with Crippen LogP contribution in [0.5, 0.6) is 0 Å². The van der Waals surface area contributed by atoms with Crippen molar-refractivity contribution in [1.29, 1.82) is 0 Å². The maximum absolute atomic E-state index is 5.59. The molecule has 1 saturated heterocycles. The van der Waals surface area contributed by atoms with E-state index in [9.17, 15) is 0 Å². The number of hydrogen-bond acceptors (Lipinski definition) is 3. The average Bonchev–Trinajstić information content (AvgIpc) is 2.73. The third-order valence-corrected chi connectivity index (χ3v) is 5.38. The molecule has 152 valence electrons. The number of piperidine rings is 1. The predicted molar refractivity (Wildman–Crippen MR) is 118 cm³/mol. The third-order valence-electron chi connectivity index (χ3n) is 5.38. The van der Waals surface area contributed by atoms with Crippen molar-refractivity contribution in [2.24, 2.45) is 0 Å². The van der Waals surface area contributed by atoms with Crippen molar-refractivity contribution in [2.75, 3.05) is 39.9 Å². The van der Waals surface area contributed by atoms with Crippen LogP contribution in [0.3, 0.4) is 0 Å². The number of ether oxygens (including phenoxy) is 1. The Balaban J connectivity index is 0.00000118. The fourth-order valence-corrected chi connectivity index (χ4v) is 3.94. The molecule has 0 unspecified atom stereocenters. The van der Waals surface area contributed by atoms with Gasteiger partial charge in [0.15, 0.2) is 0 Å². The number of rotatable bonds is 7. The second kappa shape index (κ2) is 12.7. The Labute approximate surface area is 167 Å². The molecule has 0 N–H and O–H groups in total. The molecule has 0 atom stereocenters. The van der Waals surface area contributed by atoms with Crippen LogP contribution in [0.15, 0.2) is 54.9 Å². The van der Waals surface area contributed by atoms with Crippen LogP contribution in [0.2, 0.25) is 0 Å². The SMILES string of the molecule is C.CC.COCC1(c2ccccc2)CCN(CCCN2C=CCC=C2)CC1. The number of benzene rings is 1. The van der Waals surface area contributed by atoms with E-state index in [0.717, 1.165) is 19.6 Å². The van der Waals surface area contributed by atoms with Crippen LogP contribution in [0.25, 0.3) is 0 Å². The summed E-state index contributed by atoms with van der Waals surface area (Å²) in [5.41, 5.74) is 1.64. The Kier molecular flexibility index (Phi) is 11.1. The number of nitrogens with zero attached hydrogens (tertiary/aromatic N) is 2. The first-order valence-corrected chi connectivity index (χ1v) is 10.2. The number of likely N-dealkylation sites (tertiary alicyclic amines) is 1. The Bertz CT molecular complexity index is 533. The van der Waals surface area contributed by atoms with Crippen LogP contribution in [-0.2, 0) is 10.2 Å². The summed E-state index contributed by atoms with van der Waals surface area (Å²) in [7, 11) is 1.83. The van der Waals surface area contributed by atoms with Gasteiger partial charge in [-0.15, -0.1) is 0 Å². The lowest BCUT2D eigenvalue weighted by Gasteiger charge is -2.42. The highest BCUT2D eigenvalue weighted by atomic mass is 16.5. The topological polar surface area (TPSA) is 15.7 Å². The molecule has 27 heavy (non-hydrogen) atoms. The van der Waals surface area contributed by atoms with Gasteiger partial charge in [0.25, 0.3) is 0 Å². The first-order valence-electron chi connectivity index (χ1n) is 10.2. The minimum Gasteiger partial charge on any atom is -0.384 e. The number of methoxy groups -OCH3 is 1. The largest absolute Gasteiger partial charge is 0.384 e. The minimum absolute atomic E-state index is 0. The quantitative estimate of drug-likeness (QED) is 0.633. The van der Waals surface area contributed by atoms with Crippen molar-refractivity contribution in [3.05, 3.63) is 60.4 Å². The monoisotopic (exact) mass is 372 g/mol. The van der Waals surface area contributed by atoms with E-state index in [0.29, 0.717) is 0 Å². The lowest BCUT2D eigenvalue weighted by molar-refractivity contribution is 0.0719. The second-order valence-corrected chi connectivity index (χ2v) is 7.02. The lowest BCUT2D eigenvalue weighted by Crippen LogP contribution is -2.45. The lowest BCUT2D eigenvalue weighted by atomic mass is 9.73. The molecule has 0 radical (unpaired) electrons. The van der Waals surface area contributed by atoms with Crippen molar-refractivity contribution in [2.45, 2.75) is 52.4 Å². The van der Waals surface area contributed by atoms with Gasteiger partial charge < -0.3 is 14.5 Å². The Hall–Kier alpha value is -1.58. The van der Waals surface area contributed by atoms with Gasteiger partial charge in [-0.25, -0.2) is 0 Å². The van der Waals surface area contributed by atoms with E-state index in [1.165, 1.54) is 44.5 Å². The van der Waals surface area contributed by atoms with Crippen LogP contribution >= 0.6 is 0 Å². The molecular weight excluding hydrogens is 332 g/mol. The summed E-state index contributed by atoms with van der Waals surface area (Å²) in [4.78, 5) is 4.92. The molecule has 0 bridgehead atoms. The van der Waals surface area contributed by atoms with Crippen LogP contribution in [0, 0.1) is 0 Å². The normalized spacial score (nSPS) is 18.4. The van der Waals surface area contributed by atoms with Gasteiger partial charge in [0, 0.05) is 19.1 Å². The highest BCUT2D eigenvalue weighted by Crippen LogP contribution is 2.35. The highest BCUT2D eigenvalue weighted by Gasteiger charge is 2.35. The first-order chi connectivity index (χ1) is 12.8. The van der Waals surface area contributed by atoms with E-state index in [2.05, 4.69) is 64.7 Å². The van der Waals surface area contributed by atoms with E-state index >= 15 is 0 Å². The predicted octanol–water partition coefficient (Wildman–Crippen LogP) is 5.45. The molecule has 1 aromatic carbocycles. The van der Waals surface area contributed by atoms with Crippen LogP contribution in [-0.4, -0.2) is 49.7 Å². The third kappa shape index (κ3) is 6.82. The molecule has 3 rings (SSSR count). The van der Waals surface area contributed by atoms with Crippen molar-refractivity contribution < 1.29 is 4.74 Å². The molecule has 0 amide bonds. The zero-order valence-corrected chi connectivity index (χ0v) is 16.9. The molecular formula is C24H40N2O. The second-order valence-electron chi connectivity index (χ2n) is 7.02. The van der Waals surface area contributed by atoms with Gasteiger partial charge in [-0.3, -0.25) is 0 Å². The molecule has 2 aliphatic heterocycles. The van der Waals surface area contributed by atoms with E-state index in [4.69, 9.17) is 4.74 Å². The van der Waals surface area contributed by atoms with Gasteiger partial charge in [-0.1, -0.05) is 63.8 Å². The molecule has 1 aromatic rings. The molecule has 0 aliphatic carbocycles. The Morgan fingerprint density at radius 3 is 2.19 bits per heavy atom. The van der Waals surface area contributed by atoms with Gasteiger partial charge in [0.1, 0.15) is 0 Å². The van der Waals surface area contributed by atoms with E-state index in [-0.39, 0.29) is 12.8 Å². The molecule has 1 fully saturated rings. The molecule has 3 nitrogen and oxygen atoms in total. The molecule has 3 heteroatoms. The summed E-state index contributed by atoms with van der Waals surface area (Å²) in [6.07, 6.45) is 13.5. The van der Waals surface area contributed by atoms with E-state index < -0.39 is 0 Å². The van der Waals surface area contributed by atoms with Crippen molar-refractivity contribution in [1.82, 2.24) is 9.80 Å². The van der Waals surface area contributed by atoms with Crippen LogP contribution in [0.4, 0.5) is 0 Å². The smallest absolute Gasteiger partial charge is 0.0560 e. The van der Waals surface area contributed by atoms with Gasteiger partial charge in [0.2, 0.25) is 0 Å². The van der Waals surface area contributed by atoms with Crippen molar-refractivity contribution in [3.63, 3.8) is 0 Å². The maximum atomic E-state index is 5.59. The molecule has 2 aliphatic rings. The molecule has 0 aromatic heterocycles. The standard InChI is InChI=1S/C21H30N2O.C2H6.CH4/c1-24-19-21(20-9-4-2-5-10-20)11-17-23(18-12-21)16-8-15-22-13-6-3-7-14-22;1-2;/h2,4-7,9-10,13-14H,3,8,11-12,15-19H2,1H3;1-2H3;1H4. The Morgan fingerprint density at radius 1 is 0.963 bits per heavy atom. The summed E-state index contributed by atoms with van der Waals surface area (Å²) in [6, 6.07) is 10.9. The van der Waals surface area contributed by atoms with Gasteiger partial charge >= 0.3 is 0 Å². The summed E-state index contributed by atoms with van der Waals surface area (Å²) in [5.74, 6) is 0. The Morgan fingerprint density at radius 2 is 1.59 bits per heavy atom. The fraction of sp³-hybridized carbons (Fsp3) is 0.583. The molecule has 0 saturated carbocycles. The summed E-state index contributed by atoms with van der Waals surface area (Å²) in [6.45, 7) is 9.48. The van der Waals surface area contributed by atoms with E-state index in [1.54, 1.807) is 0 Å². The van der Waals surface area contributed by atoms with E-state index in [1.807, 2.05) is 21.0 Å². The van der Waals surface area contributed by atoms with Gasteiger partial charge in [0.05, 0.1) is 6.61 Å². The average molecular weight is 373 g/mol. The van der Waals surface area contributed by atoms with Crippen LogP contribution < -0.4 is 0 Å². The highest BCUT2D eigenvalue weighted by molar-refractivity contribution is 5.26. The van der Waals surface area contributed by atoms with Gasteiger partial charge in [-0.2, -0.15) is 0 Å². The number of allylic oxidation sites excluding steroid dienone is 2. The van der Waals surface area contributed by atoms with Crippen LogP contribution in [0.1, 0.15) is 52.5 Å².